The van der Waals surface area contributed by atoms with E-state index in [2.05, 4.69) is 51.8 Å². The van der Waals surface area contributed by atoms with Crippen molar-refractivity contribution < 1.29 is 4.79 Å². The molecule has 1 amide bonds. The van der Waals surface area contributed by atoms with Crippen LogP contribution in [0.2, 0.25) is 0 Å². The molecule has 6 nitrogen and oxygen atoms in total. The number of nitrogens with zero attached hydrogens (tertiary/aromatic N) is 4. The van der Waals surface area contributed by atoms with Crippen LogP contribution in [0.25, 0.3) is 0 Å². The summed E-state index contributed by atoms with van der Waals surface area (Å²) in [5.74, 6) is -0.242. The molecule has 1 aromatic carbocycles. The third kappa shape index (κ3) is 3.65. The Morgan fingerprint density at radius 3 is 2.58 bits per heavy atom. The van der Waals surface area contributed by atoms with Crippen LogP contribution in [0.1, 0.15) is 40.1 Å². The minimum Gasteiger partial charge on any atom is -0.347 e. The molecule has 0 unspecified atom stereocenters. The first-order valence-corrected chi connectivity index (χ1v) is 7.79. The first-order chi connectivity index (χ1) is 11.6. The summed E-state index contributed by atoms with van der Waals surface area (Å²) in [6, 6.07) is 12.0. The number of aryl methyl sites for hydroxylation is 1. The molecule has 0 aliphatic heterocycles. The quantitative estimate of drug-likeness (QED) is 0.784. The third-order valence-electron chi connectivity index (χ3n) is 3.90. The van der Waals surface area contributed by atoms with Gasteiger partial charge >= 0.3 is 0 Å². The monoisotopic (exact) mass is 321 g/mol. The van der Waals surface area contributed by atoms with E-state index in [1.807, 2.05) is 19.1 Å². The molecular formula is C18H19N5O. The third-order valence-corrected chi connectivity index (χ3v) is 3.90. The molecule has 0 bridgehead atoms. The van der Waals surface area contributed by atoms with Crippen LogP contribution in [-0.2, 0) is 6.54 Å². The van der Waals surface area contributed by atoms with Crippen molar-refractivity contribution in [3.8, 4) is 0 Å². The second-order valence-corrected chi connectivity index (χ2v) is 5.71. The van der Waals surface area contributed by atoms with Gasteiger partial charge in [0.05, 0.1) is 12.2 Å². The average Bonchev–Trinajstić information content (AvgIpc) is 3.11. The maximum atomic E-state index is 12.2. The minimum absolute atomic E-state index is 0.0137. The molecule has 1 atom stereocenters. The topological polar surface area (TPSA) is 72.7 Å². The first kappa shape index (κ1) is 15.9. The molecule has 24 heavy (non-hydrogen) atoms. The molecule has 6 heteroatoms. The van der Waals surface area contributed by atoms with E-state index < -0.39 is 0 Å². The van der Waals surface area contributed by atoms with E-state index in [-0.39, 0.29) is 11.9 Å². The number of carbonyl (C=O) groups excluding carboxylic acids is 1. The molecule has 2 heterocycles. The molecule has 0 radical (unpaired) electrons. The Balaban J connectivity index is 1.66. The lowest BCUT2D eigenvalue weighted by Crippen LogP contribution is -2.23. The first-order valence-electron chi connectivity index (χ1n) is 7.79. The SMILES string of the molecule is Cc1ccc([C@@H](C)n2cc(C(=O)NCc3ccncc3)nn2)cc1. The summed E-state index contributed by atoms with van der Waals surface area (Å²) in [6.07, 6.45) is 5.06. The van der Waals surface area contributed by atoms with Crippen LogP contribution in [0.15, 0.2) is 55.0 Å². The van der Waals surface area contributed by atoms with Crippen molar-refractivity contribution in [2.24, 2.45) is 0 Å². The van der Waals surface area contributed by atoms with E-state index in [9.17, 15) is 4.79 Å². The fourth-order valence-electron chi connectivity index (χ4n) is 2.34. The van der Waals surface area contributed by atoms with Crippen LogP contribution in [0.4, 0.5) is 0 Å². The highest BCUT2D eigenvalue weighted by Gasteiger charge is 2.14. The average molecular weight is 321 g/mol. The van der Waals surface area contributed by atoms with Crippen molar-refractivity contribution in [2.75, 3.05) is 0 Å². The van der Waals surface area contributed by atoms with Crippen molar-refractivity contribution in [1.29, 1.82) is 0 Å². The number of pyridine rings is 1. The van der Waals surface area contributed by atoms with Gasteiger partial charge in [-0.3, -0.25) is 9.78 Å². The van der Waals surface area contributed by atoms with Crippen molar-refractivity contribution in [2.45, 2.75) is 26.4 Å². The van der Waals surface area contributed by atoms with Crippen molar-refractivity contribution in [3.05, 3.63) is 77.4 Å². The fourth-order valence-corrected chi connectivity index (χ4v) is 2.34. The van der Waals surface area contributed by atoms with Crippen LogP contribution in [0.5, 0.6) is 0 Å². The van der Waals surface area contributed by atoms with Crippen molar-refractivity contribution in [1.82, 2.24) is 25.3 Å². The summed E-state index contributed by atoms with van der Waals surface area (Å²) in [6.45, 7) is 4.51. The number of carbonyl (C=O) groups is 1. The standard InChI is InChI=1S/C18H19N5O/c1-13-3-5-16(6-4-13)14(2)23-12-17(21-22-23)18(24)20-11-15-7-9-19-10-8-15/h3-10,12,14H,11H2,1-2H3,(H,20,24)/t14-/m1/s1. The smallest absolute Gasteiger partial charge is 0.273 e. The van der Waals surface area contributed by atoms with Gasteiger partial charge in [-0.05, 0) is 37.1 Å². The number of rotatable bonds is 5. The molecule has 0 aliphatic carbocycles. The van der Waals surface area contributed by atoms with Crippen molar-refractivity contribution in [3.63, 3.8) is 0 Å². The zero-order valence-electron chi connectivity index (χ0n) is 13.7. The number of amides is 1. The Bertz CT molecular complexity index is 811. The Morgan fingerprint density at radius 2 is 1.88 bits per heavy atom. The maximum absolute atomic E-state index is 12.2. The number of hydrogen-bond acceptors (Lipinski definition) is 4. The predicted molar refractivity (Wildman–Crippen MR) is 90.4 cm³/mol. The number of benzene rings is 1. The molecule has 3 aromatic rings. The Hall–Kier alpha value is -3.02. The van der Waals surface area contributed by atoms with Crippen LogP contribution in [-0.4, -0.2) is 25.9 Å². The number of aromatic nitrogens is 4. The fraction of sp³-hybridized carbons (Fsp3) is 0.222. The second kappa shape index (κ2) is 7.04. The molecule has 0 spiro atoms. The van der Waals surface area contributed by atoms with Gasteiger partial charge in [0.1, 0.15) is 0 Å². The van der Waals surface area contributed by atoms with E-state index >= 15 is 0 Å². The van der Waals surface area contributed by atoms with Crippen LogP contribution in [0, 0.1) is 6.92 Å². The molecular weight excluding hydrogens is 302 g/mol. The lowest BCUT2D eigenvalue weighted by Gasteiger charge is -2.11. The summed E-state index contributed by atoms with van der Waals surface area (Å²) in [7, 11) is 0. The normalized spacial score (nSPS) is 11.9. The van der Waals surface area contributed by atoms with Gasteiger partial charge in [0.15, 0.2) is 5.69 Å². The summed E-state index contributed by atoms with van der Waals surface area (Å²) >= 11 is 0. The maximum Gasteiger partial charge on any atom is 0.273 e. The Morgan fingerprint density at radius 1 is 1.17 bits per heavy atom. The molecule has 122 valence electrons. The Labute approximate surface area is 140 Å². The van der Waals surface area contributed by atoms with Crippen LogP contribution < -0.4 is 5.32 Å². The van der Waals surface area contributed by atoms with E-state index in [0.29, 0.717) is 12.2 Å². The van der Waals surface area contributed by atoms with Gasteiger partial charge in [-0.1, -0.05) is 35.0 Å². The van der Waals surface area contributed by atoms with E-state index in [1.165, 1.54) is 5.56 Å². The van der Waals surface area contributed by atoms with Gasteiger partial charge in [0, 0.05) is 18.9 Å². The van der Waals surface area contributed by atoms with Gasteiger partial charge in [-0.15, -0.1) is 5.10 Å². The molecule has 0 saturated heterocycles. The molecule has 1 N–H and O–H groups in total. The van der Waals surface area contributed by atoms with Gasteiger partial charge < -0.3 is 5.32 Å². The molecule has 2 aromatic heterocycles. The van der Waals surface area contributed by atoms with E-state index in [4.69, 9.17) is 0 Å². The highest BCUT2D eigenvalue weighted by atomic mass is 16.2. The molecule has 3 rings (SSSR count). The Kier molecular flexibility index (Phi) is 4.65. The van der Waals surface area contributed by atoms with Gasteiger partial charge in [-0.2, -0.15) is 0 Å². The summed E-state index contributed by atoms with van der Waals surface area (Å²) < 4.78 is 1.70. The number of nitrogens with one attached hydrogen (secondary N) is 1. The zero-order chi connectivity index (χ0) is 16.9. The van der Waals surface area contributed by atoms with Gasteiger partial charge in [0.25, 0.3) is 5.91 Å². The van der Waals surface area contributed by atoms with Gasteiger partial charge in [0.2, 0.25) is 0 Å². The molecule has 0 aliphatic rings. The van der Waals surface area contributed by atoms with Gasteiger partial charge in [-0.25, -0.2) is 4.68 Å². The minimum atomic E-state index is -0.242. The second-order valence-electron chi connectivity index (χ2n) is 5.71. The van der Waals surface area contributed by atoms with Crippen molar-refractivity contribution >= 4 is 5.91 Å². The largest absolute Gasteiger partial charge is 0.347 e. The summed E-state index contributed by atoms with van der Waals surface area (Å²) in [5.41, 5.74) is 3.62. The van der Waals surface area contributed by atoms with E-state index in [1.54, 1.807) is 23.3 Å². The zero-order valence-corrected chi connectivity index (χ0v) is 13.7. The lowest BCUT2D eigenvalue weighted by molar-refractivity contribution is 0.0946. The molecule has 0 fully saturated rings. The van der Waals surface area contributed by atoms with Crippen LogP contribution in [0.3, 0.4) is 0 Å². The lowest BCUT2D eigenvalue weighted by atomic mass is 10.1. The summed E-state index contributed by atoms with van der Waals surface area (Å²) in [4.78, 5) is 16.1. The van der Waals surface area contributed by atoms with E-state index in [0.717, 1.165) is 11.1 Å². The molecule has 0 saturated carbocycles. The highest BCUT2D eigenvalue weighted by molar-refractivity contribution is 5.91. The number of hydrogen-bond donors (Lipinski definition) is 1. The summed E-state index contributed by atoms with van der Waals surface area (Å²) in [5, 5.41) is 10.9. The van der Waals surface area contributed by atoms with Crippen LogP contribution >= 0.6 is 0 Å². The highest BCUT2D eigenvalue weighted by Crippen LogP contribution is 2.17. The predicted octanol–water partition coefficient (Wildman–Crippen LogP) is 2.52.